The molecule has 0 aliphatic heterocycles. The van der Waals surface area contributed by atoms with E-state index in [0.717, 1.165) is 11.6 Å². The highest BCUT2D eigenvalue weighted by Crippen LogP contribution is 2.22. The normalized spacial score (nSPS) is 10.8. The maximum absolute atomic E-state index is 13.9. The number of aryl methyl sites for hydroxylation is 1. The number of nitrogens with zero attached hydrogens (tertiary/aromatic N) is 1. The van der Waals surface area contributed by atoms with Gasteiger partial charge in [0.2, 0.25) is 0 Å². The summed E-state index contributed by atoms with van der Waals surface area (Å²) in [4.78, 5) is 12.1. The Morgan fingerprint density at radius 2 is 1.95 bits per heavy atom. The van der Waals surface area contributed by atoms with E-state index in [-0.39, 0.29) is 11.4 Å². The molecule has 1 amide bonds. The molecular weight excluding hydrogens is 276 g/mol. The number of fused-ring (bicyclic) bond motifs is 1. The highest BCUT2D eigenvalue weighted by molar-refractivity contribution is 6.08. The molecule has 0 saturated carbocycles. The minimum absolute atomic E-state index is 0.202. The molecule has 0 saturated heterocycles. The van der Waals surface area contributed by atoms with Crippen LogP contribution in [0.5, 0.6) is 0 Å². The predicted octanol–water partition coefficient (Wildman–Crippen LogP) is 3.40. The van der Waals surface area contributed by atoms with Gasteiger partial charge in [0.05, 0.1) is 5.52 Å². The fraction of sp³-hybridized carbons (Fsp3) is 0.0667. The van der Waals surface area contributed by atoms with E-state index in [0.29, 0.717) is 5.39 Å². The fourth-order valence-electron chi connectivity index (χ4n) is 2.09. The molecule has 1 aromatic heterocycles. The molecule has 4 nitrogen and oxygen atoms in total. The van der Waals surface area contributed by atoms with Gasteiger partial charge in [0.25, 0.3) is 5.91 Å². The maximum atomic E-state index is 13.9. The molecule has 3 aromatic rings. The van der Waals surface area contributed by atoms with Crippen molar-refractivity contribution in [2.24, 2.45) is 0 Å². The van der Waals surface area contributed by atoms with Gasteiger partial charge < -0.3 is 5.32 Å². The van der Waals surface area contributed by atoms with Gasteiger partial charge in [0, 0.05) is 5.39 Å². The molecule has 3 rings (SSSR count). The molecule has 0 radical (unpaired) electrons. The number of nitrogens with one attached hydrogen (secondary N) is 2. The summed E-state index contributed by atoms with van der Waals surface area (Å²) in [5.41, 5.74) is 0.313. The van der Waals surface area contributed by atoms with E-state index in [9.17, 15) is 13.6 Å². The van der Waals surface area contributed by atoms with Crippen LogP contribution in [0.15, 0.2) is 36.4 Å². The Balaban J connectivity index is 1.99. The largest absolute Gasteiger partial charge is 0.304 e. The Morgan fingerprint density at radius 1 is 1.19 bits per heavy atom. The first-order valence-electron chi connectivity index (χ1n) is 6.27. The summed E-state index contributed by atoms with van der Waals surface area (Å²) in [5, 5.41) is 9.77. The molecule has 0 fully saturated rings. The number of anilines is 1. The summed E-state index contributed by atoms with van der Waals surface area (Å²) in [6.45, 7) is 1.47. The van der Waals surface area contributed by atoms with E-state index >= 15 is 0 Å². The van der Waals surface area contributed by atoms with Gasteiger partial charge in [-0.3, -0.25) is 9.89 Å². The Kier molecular flexibility index (Phi) is 3.13. The van der Waals surface area contributed by atoms with Crippen LogP contribution in [0.1, 0.15) is 15.9 Å². The first kappa shape index (κ1) is 13.2. The first-order valence-corrected chi connectivity index (χ1v) is 6.27. The van der Waals surface area contributed by atoms with Crippen molar-refractivity contribution >= 4 is 22.6 Å². The molecule has 2 aromatic carbocycles. The van der Waals surface area contributed by atoms with Gasteiger partial charge in [-0.1, -0.05) is 18.2 Å². The quantitative estimate of drug-likeness (QED) is 0.759. The zero-order valence-electron chi connectivity index (χ0n) is 11.1. The number of rotatable bonds is 2. The van der Waals surface area contributed by atoms with Crippen molar-refractivity contribution in [3.63, 3.8) is 0 Å². The number of carbonyl (C=O) groups is 1. The van der Waals surface area contributed by atoms with Crippen LogP contribution < -0.4 is 5.32 Å². The minimum atomic E-state index is -0.907. The van der Waals surface area contributed by atoms with Crippen LogP contribution in [0.3, 0.4) is 0 Å². The number of hydrogen-bond donors (Lipinski definition) is 2. The highest BCUT2D eigenvalue weighted by Gasteiger charge is 2.20. The van der Waals surface area contributed by atoms with Crippen molar-refractivity contribution < 1.29 is 13.6 Å². The molecule has 106 valence electrons. The van der Waals surface area contributed by atoms with Crippen molar-refractivity contribution in [1.29, 1.82) is 0 Å². The molecule has 2 N–H and O–H groups in total. The Labute approximate surface area is 118 Å². The average Bonchev–Trinajstić information content (AvgIpc) is 2.87. The van der Waals surface area contributed by atoms with Gasteiger partial charge in [0.15, 0.2) is 5.82 Å². The molecule has 0 aliphatic carbocycles. The van der Waals surface area contributed by atoms with Crippen LogP contribution in [0.25, 0.3) is 10.9 Å². The summed E-state index contributed by atoms with van der Waals surface area (Å²) < 4.78 is 27.6. The molecule has 0 unspecified atom stereocenters. The number of halogens is 2. The molecule has 0 atom stereocenters. The topological polar surface area (TPSA) is 57.8 Å². The number of aromatic amines is 1. The van der Waals surface area contributed by atoms with Crippen LogP contribution in [-0.4, -0.2) is 16.1 Å². The summed E-state index contributed by atoms with van der Waals surface area (Å²) in [7, 11) is 0. The van der Waals surface area contributed by atoms with Gasteiger partial charge >= 0.3 is 0 Å². The predicted molar refractivity (Wildman–Crippen MR) is 75.1 cm³/mol. The van der Waals surface area contributed by atoms with Crippen LogP contribution in [0.2, 0.25) is 0 Å². The number of amides is 1. The smallest absolute Gasteiger partial charge is 0.262 e. The Bertz CT molecular complexity index is 842. The van der Waals surface area contributed by atoms with Gasteiger partial charge in [-0.05, 0) is 30.7 Å². The molecule has 6 heteroatoms. The second-order valence-corrected chi connectivity index (χ2v) is 4.63. The highest BCUT2D eigenvalue weighted by atomic mass is 19.1. The number of benzene rings is 2. The number of para-hydroxylation sites is 1. The van der Waals surface area contributed by atoms with Crippen molar-refractivity contribution in [3.8, 4) is 0 Å². The molecular formula is C15H11F2N3O. The van der Waals surface area contributed by atoms with Crippen LogP contribution in [0.4, 0.5) is 14.6 Å². The standard InChI is InChI=1S/C15H11F2N3O/c1-8-6-7-10(16)12(13(8)17)15(21)18-14-9-4-2-3-5-11(9)19-20-14/h2-7H,1H3,(H2,18,19,20,21). The lowest BCUT2D eigenvalue weighted by Crippen LogP contribution is -2.17. The van der Waals surface area contributed by atoms with Crippen molar-refractivity contribution in [2.75, 3.05) is 5.32 Å². The van der Waals surface area contributed by atoms with E-state index in [2.05, 4.69) is 15.5 Å². The summed E-state index contributed by atoms with van der Waals surface area (Å²) in [6, 6.07) is 9.47. The van der Waals surface area contributed by atoms with E-state index in [1.165, 1.54) is 13.0 Å². The first-order chi connectivity index (χ1) is 10.1. The molecule has 1 heterocycles. The third kappa shape index (κ3) is 2.24. The lowest BCUT2D eigenvalue weighted by Gasteiger charge is -2.07. The number of hydrogen-bond acceptors (Lipinski definition) is 2. The van der Waals surface area contributed by atoms with Crippen molar-refractivity contribution in [2.45, 2.75) is 6.92 Å². The lowest BCUT2D eigenvalue weighted by molar-refractivity contribution is 0.101. The lowest BCUT2D eigenvalue weighted by atomic mass is 10.1. The Morgan fingerprint density at radius 3 is 2.76 bits per heavy atom. The van der Waals surface area contributed by atoms with Crippen LogP contribution in [0, 0.1) is 18.6 Å². The maximum Gasteiger partial charge on any atom is 0.262 e. The molecule has 0 spiro atoms. The molecule has 0 aliphatic rings. The van der Waals surface area contributed by atoms with Crippen molar-refractivity contribution in [3.05, 3.63) is 59.2 Å². The van der Waals surface area contributed by atoms with Gasteiger partial charge in [-0.25, -0.2) is 8.78 Å². The second-order valence-electron chi connectivity index (χ2n) is 4.63. The van der Waals surface area contributed by atoms with E-state index < -0.39 is 23.1 Å². The third-order valence-electron chi connectivity index (χ3n) is 3.21. The number of aromatic nitrogens is 2. The SMILES string of the molecule is Cc1ccc(F)c(C(=O)Nc2n[nH]c3ccccc23)c1F. The number of carbonyl (C=O) groups excluding carboxylic acids is 1. The molecule has 21 heavy (non-hydrogen) atoms. The van der Waals surface area contributed by atoms with E-state index in [1.54, 1.807) is 18.2 Å². The third-order valence-corrected chi connectivity index (χ3v) is 3.21. The van der Waals surface area contributed by atoms with Crippen LogP contribution in [-0.2, 0) is 0 Å². The zero-order chi connectivity index (χ0) is 15.0. The van der Waals surface area contributed by atoms with Gasteiger partial charge in [0.1, 0.15) is 17.2 Å². The fourth-order valence-corrected chi connectivity index (χ4v) is 2.09. The average molecular weight is 287 g/mol. The van der Waals surface area contributed by atoms with Gasteiger partial charge in [-0.15, -0.1) is 0 Å². The monoisotopic (exact) mass is 287 g/mol. The van der Waals surface area contributed by atoms with E-state index in [4.69, 9.17) is 0 Å². The summed E-state index contributed by atoms with van der Waals surface area (Å²) in [5.74, 6) is -2.41. The summed E-state index contributed by atoms with van der Waals surface area (Å²) in [6.07, 6.45) is 0. The van der Waals surface area contributed by atoms with Crippen LogP contribution >= 0.6 is 0 Å². The van der Waals surface area contributed by atoms with Gasteiger partial charge in [-0.2, -0.15) is 5.10 Å². The minimum Gasteiger partial charge on any atom is -0.304 e. The molecule has 0 bridgehead atoms. The Hall–Kier alpha value is -2.76. The summed E-state index contributed by atoms with van der Waals surface area (Å²) >= 11 is 0. The zero-order valence-corrected chi connectivity index (χ0v) is 11.1. The number of H-pyrrole nitrogens is 1. The second kappa shape index (κ2) is 4.97. The van der Waals surface area contributed by atoms with Crippen molar-refractivity contribution in [1.82, 2.24) is 10.2 Å². The van der Waals surface area contributed by atoms with E-state index in [1.807, 2.05) is 6.07 Å².